The average Bonchev–Trinajstić information content (AvgIpc) is 3.00. The lowest BCUT2D eigenvalue weighted by atomic mass is 10.1. The van der Waals surface area contributed by atoms with Gasteiger partial charge < -0.3 is 8.99 Å². The van der Waals surface area contributed by atoms with Gasteiger partial charge in [-0.2, -0.15) is 0 Å². The molecule has 2 heterocycles. The summed E-state index contributed by atoms with van der Waals surface area (Å²) in [6.45, 7) is 16.9. The maximum Gasteiger partial charge on any atom is 0.332 e. The van der Waals surface area contributed by atoms with E-state index in [0.717, 1.165) is 13.0 Å². The first-order valence-corrected chi connectivity index (χ1v) is 13.1. The third-order valence-electron chi connectivity index (χ3n) is 5.84. The van der Waals surface area contributed by atoms with Crippen molar-refractivity contribution in [2.45, 2.75) is 78.7 Å². The summed E-state index contributed by atoms with van der Waals surface area (Å²) in [6, 6.07) is 0. The van der Waals surface area contributed by atoms with E-state index in [0.29, 0.717) is 36.7 Å². The second kappa shape index (κ2) is 8.37. The fourth-order valence-corrected chi connectivity index (χ4v) is 3.94. The largest absolute Gasteiger partial charge is 0.417 e. The molecule has 28 heavy (non-hydrogen) atoms. The Hall–Kier alpha value is -1.67. The summed E-state index contributed by atoms with van der Waals surface area (Å²) in [6.07, 6.45) is 3.25. The predicted molar refractivity (Wildman–Crippen MR) is 116 cm³/mol. The van der Waals surface area contributed by atoms with Gasteiger partial charge >= 0.3 is 5.69 Å². The topological polar surface area (TPSA) is 71.1 Å². The Morgan fingerprint density at radius 1 is 1.18 bits per heavy atom. The Kier molecular flexibility index (Phi) is 6.76. The first kappa shape index (κ1) is 22.6. The second-order valence-corrected chi connectivity index (χ2v) is 14.4. The SMILES string of the molecule is CC(C)CCn1cnc2c1c(=O)n(CCCO[Si](C)(C)C(C)(C)C)c(=O)n2C. The normalized spacial score (nSPS) is 13.0. The van der Waals surface area contributed by atoms with Crippen LogP contribution in [0.25, 0.3) is 11.2 Å². The minimum Gasteiger partial charge on any atom is -0.417 e. The molecule has 0 unspecified atom stereocenters. The van der Waals surface area contributed by atoms with Crippen molar-refractivity contribution in [3.63, 3.8) is 0 Å². The maximum atomic E-state index is 13.0. The molecule has 7 nitrogen and oxygen atoms in total. The summed E-state index contributed by atoms with van der Waals surface area (Å²) in [5.74, 6) is 0.527. The summed E-state index contributed by atoms with van der Waals surface area (Å²) in [5, 5.41) is 0.141. The van der Waals surface area contributed by atoms with E-state index in [1.165, 1.54) is 9.13 Å². The first-order chi connectivity index (χ1) is 12.9. The molecule has 0 amide bonds. The molecule has 2 rings (SSSR count). The minimum absolute atomic E-state index is 0.141. The van der Waals surface area contributed by atoms with Gasteiger partial charge in [0.15, 0.2) is 19.5 Å². The van der Waals surface area contributed by atoms with E-state index < -0.39 is 8.32 Å². The molecule has 0 fully saturated rings. The Labute approximate surface area is 168 Å². The third-order valence-corrected chi connectivity index (χ3v) is 10.4. The number of fused-ring (bicyclic) bond motifs is 1. The van der Waals surface area contributed by atoms with Gasteiger partial charge in [0.25, 0.3) is 5.56 Å². The second-order valence-electron chi connectivity index (χ2n) is 9.55. The van der Waals surface area contributed by atoms with Gasteiger partial charge in [0.1, 0.15) is 0 Å². The molecule has 8 heteroatoms. The van der Waals surface area contributed by atoms with Gasteiger partial charge in [0, 0.05) is 26.7 Å². The summed E-state index contributed by atoms with van der Waals surface area (Å²) in [7, 11) is -0.156. The molecule has 0 aliphatic rings. The Morgan fingerprint density at radius 3 is 2.39 bits per heavy atom. The highest BCUT2D eigenvalue weighted by molar-refractivity contribution is 6.74. The maximum absolute atomic E-state index is 13.0. The Balaban J connectivity index is 2.24. The van der Waals surface area contributed by atoms with Crippen LogP contribution in [0, 0.1) is 5.92 Å². The quantitative estimate of drug-likeness (QED) is 0.496. The number of hydrogen-bond acceptors (Lipinski definition) is 4. The van der Waals surface area contributed by atoms with Crippen molar-refractivity contribution >= 4 is 19.5 Å². The molecule has 0 aliphatic heterocycles. The van der Waals surface area contributed by atoms with E-state index in [-0.39, 0.29) is 16.3 Å². The van der Waals surface area contributed by atoms with Crippen LogP contribution < -0.4 is 11.2 Å². The van der Waals surface area contributed by atoms with Crippen LogP contribution in [0.3, 0.4) is 0 Å². The van der Waals surface area contributed by atoms with Gasteiger partial charge in [0.2, 0.25) is 0 Å². The molecule has 2 aromatic rings. The van der Waals surface area contributed by atoms with Crippen LogP contribution >= 0.6 is 0 Å². The van der Waals surface area contributed by atoms with Crippen LogP contribution in [0.2, 0.25) is 18.1 Å². The number of nitrogens with zero attached hydrogens (tertiary/aromatic N) is 4. The summed E-state index contributed by atoms with van der Waals surface area (Å²) >= 11 is 0. The highest BCUT2D eigenvalue weighted by Gasteiger charge is 2.36. The van der Waals surface area contributed by atoms with Crippen molar-refractivity contribution in [2.75, 3.05) is 6.61 Å². The van der Waals surface area contributed by atoms with Crippen molar-refractivity contribution in [1.29, 1.82) is 0 Å². The molecule has 0 radical (unpaired) electrons. The fourth-order valence-electron chi connectivity index (χ4n) is 2.85. The molecule has 0 spiro atoms. The summed E-state index contributed by atoms with van der Waals surface area (Å²) < 4.78 is 10.9. The molecule has 2 aromatic heterocycles. The monoisotopic (exact) mass is 408 g/mol. The van der Waals surface area contributed by atoms with Crippen LogP contribution in [-0.2, 0) is 24.6 Å². The number of hydrogen-bond donors (Lipinski definition) is 0. The van der Waals surface area contributed by atoms with E-state index in [9.17, 15) is 9.59 Å². The lowest BCUT2D eigenvalue weighted by Crippen LogP contribution is -2.42. The van der Waals surface area contributed by atoms with E-state index in [1.807, 2.05) is 4.57 Å². The van der Waals surface area contributed by atoms with Gasteiger partial charge in [-0.25, -0.2) is 9.78 Å². The number of rotatable bonds is 8. The molecule has 0 N–H and O–H groups in total. The molecule has 0 saturated heterocycles. The lowest BCUT2D eigenvalue weighted by Gasteiger charge is -2.36. The van der Waals surface area contributed by atoms with Crippen LogP contribution in [0.4, 0.5) is 0 Å². The zero-order chi connectivity index (χ0) is 21.3. The standard InChI is InChI=1S/C20H36N4O3Si/c1-15(2)10-12-23-14-21-17-16(23)18(25)24(19(26)22(17)6)11-9-13-27-28(7,8)20(3,4)5/h14-15H,9-13H2,1-8H3. The highest BCUT2D eigenvalue weighted by atomic mass is 28.4. The van der Waals surface area contributed by atoms with Crippen molar-refractivity contribution in [3.8, 4) is 0 Å². The van der Waals surface area contributed by atoms with Gasteiger partial charge in [-0.15, -0.1) is 0 Å². The molecular formula is C20H36N4O3Si. The minimum atomic E-state index is -1.83. The molecule has 0 aliphatic carbocycles. The van der Waals surface area contributed by atoms with Crippen LogP contribution in [0.5, 0.6) is 0 Å². The molecule has 158 valence electrons. The molecule has 0 atom stereocenters. The van der Waals surface area contributed by atoms with Crippen molar-refractivity contribution in [3.05, 3.63) is 27.2 Å². The van der Waals surface area contributed by atoms with Crippen LogP contribution in [0.1, 0.15) is 47.5 Å². The molecule has 0 aromatic carbocycles. The molecular weight excluding hydrogens is 372 g/mol. The average molecular weight is 409 g/mol. The number of aryl methyl sites for hydroxylation is 2. The van der Waals surface area contributed by atoms with Gasteiger partial charge in [0.05, 0.1) is 6.33 Å². The van der Waals surface area contributed by atoms with Gasteiger partial charge in [-0.1, -0.05) is 34.6 Å². The number of aromatic nitrogens is 4. The van der Waals surface area contributed by atoms with E-state index in [2.05, 4.69) is 52.7 Å². The van der Waals surface area contributed by atoms with Gasteiger partial charge in [-0.05, 0) is 36.9 Å². The van der Waals surface area contributed by atoms with Crippen molar-refractivity contribution in [1.82, 2.24) is 18.7 Å². The van der Waals surface area contributed by atoms with Gasteiger partial charge in [-0.3, -0.25) is 13.9 Å². The Morgan fingerprint density at radius 2 is 1.82 bits per heavy atom. The zero-order valence-electron chi connectivity index (χ0n) is 18.7. The highest BCUT2D eigenvalue weighted by Crippen LogP contribution is 2.36. The lowest BCUT2D eigenvalue weighted by molar-refractivity contribution is 0.273. The smallest absolute Gasteiger partial charge is 0.332 e. The molecule has 0 saturated carbocycles. The molecule has 0 bridgehead atoms. The third kappa shape index (κ3) is 4.65. The van der Waals surface area contributed by atoms with E-state index >= 15 is 0 Å². The Bertz CT molecular complexity index is 932. The fraction of sp³-hybridized carbons (Fsp3) is 0.750. The van der Waals surface area contributed by atoms with Crippen LogP contribution in [-0.4, -0.2) is 33.6 Å². The first-order valence-electron chi connectivity index (χ1n) is 10.2. The zero-order valence-corrected chi connectivity index (χ0v) is 19.7. The number of imidazole rings is 1. The summed E-state index contributed by atoms with van der Waals surface area (Å²) in [5.41, 5.74) is 0.381. The van der Waals surface area contributed by atoms with Crippen molar-refractivity contribution in [2.24, 2.45) is 13.0 Å². The van der Waals surface area contributed by atoms with E-state index in [4.69, 9.17) is 4.43 Å². The predicted octanol–water partition coefficient (Wildman–Crippen LogP) is 3.35. The van der Waals surface area contributed by atoms with Crippen molar-refractivity contribution < 1.29 is 4.43 Å². The summed E-state index contributed by atoms with van der Waals surface area (Å²) in [4.78, 5) is 30.0. The van der Waals surface area contributed by atoms with E-state index in [1.54, 1.807) is 13.4 Å². The van der Waals surface area contributed by atoms with Crippen LogP contribution in [0.15, 0.2) is 15.9 Å².